The summed E-state index contributed by atoms with van der Waals surface area (Å²) in [6.07, 6.45) is 1.49. The van der Waals surface area contributed by atoms with Crippen LogP contribution in [0.3, 0.4) is 0 Å². The van der Waals surface area contributed by atoms with E-state index in [1.165, 1.54) is 0 Å². The first kappa shape index (κ1) is 11.0. The Balaban J connectivity index is 2.75. The van der Waals surface area contributed by atoms with E-state index in [1.54, 1.807) is 0 Å². The fourth-order valence-electron chi connectivity index (χ4n) is 1.46. The van der Waals surface area contributed by atoms with Crippen LogP contribution in [-0.2, 0) is 0 Å². The van der Waals surface area contributed by atoms with Gasteiger partial charge in [0.15, 0.2) is 0 Å². The predicted molar refractivity (Wildman–Crippen MR) is 59.9 cm³/mol. The maximum atomic E-state index is 10.0. The van der Waals surface area contributed by atoms with Gasteiger partial charge < -0.3 is 5.11 Å². The molecule has 0 radical (unpaired) electrons. The SMILES string of the molecule is C=CC(C)C(C)C(O)c1ccccc1. The Kier molecular flexibility index (Phi) is 3.90. The van der Waals surface area contributed by atoms with E-state index >= 15 is 0 Å². The minimum Gasteiger partial charge on any atom is -0.388 e. The molecule has 0 aliphatic rings. The zero-order valence-electron chi connectivity index (χ0n) is 8.85. The Morgan fingerprint density at radius 2 is 1.79 bits per heavy atom. The van der Waals surface area contributed by atoms with Crippen LogP contribution in [0.5, 0.6) is 0 Å². The van der Waals surface area contributed by atoms with Gasteiger partial charge in [0.05, 0.1) is 6.10 Å². The normalized spacial score (nSPS) is 17.1. The summed E-state index contributed by atoms with van der Waals surface area (Å²) < 4.78 is 0. The molecule has 0 aliphatic carbocycles. The lowest BCUT2D eigenvalue weighted by Gasteiger charge is -2.22. The van der Waals surface area contributed by atoms with E-state index in [1.807, 2.05) is 43.3 Å². The van der Waals surface area contributed by atoms with Gasteiger partial charge in [-0.1, -0.05) is 50.3 Å². The largest absolute Gasteiger partial charge is 0.388 e. The third kappa shape index (κ3) is 2.46. The fourth-order valence-corrected chi connectivity index (χ4v) is 1.46. The summed E-state index contributed by atoms with van der Waals surface area (Å²) in [7, 11) is 0. The van der Waals surface area contributed by atoms with E-state index in [-0.39, 0.29) is 5.92 Å². The number of aliphatic hydroxyl groups excluding tert-OH is 1. The van der Waals surface area contributed by atoms with Crippen LogP contribution in [-0.4, -0.2) is 5.11 Å². The summed E-state index contributed by atoms with van der Waals surface area (Å²) in [6, 6.07) is 9.76. The number of rotatable bonds is 4. The smallest absolute Gasteiger partial charge is 0.0821 e. The van der Waals surface area contributed by atoms with Crippen LogP contribution < -0.4 is 0 Å². The van der Waals surface area contributed by atoms with Crippen LogP contribution >= 0.6 is 0 Å². The number of benzene rings is 1. The van der Waals surface area contributed by atoms with Crippen LogP contribution in [0.4, 0.5) is 0 Å². The van der Waals surface area contributed by atoms with Crippen LogP contribution in [0.1, 0.15) is 25.5 Å². The van der Waals surface area contributed by atoms with Crippen LogP contribution in [0, 0.1) is 11.8 Å². The molecule has 0 bridgehead atoms. The van der Waals surface area contributed by atoms with Gasteiger partial charge in [0.2, 0.25) is 0 Å². The van der Waals surface area contributed by atoms with E-state index in [2.05, 4.69) is 13.5 Å². The van der Waals surface area contributed by atoms with Crippen molar-refractivity contribution in [1.82, 2.24) is 0 Å². The van der Waals surface area contributed by atoms with Gasteiger partial charge in [0.1, 0.15) is 0 Å². The van der Waals surface area contributed by atoms with Crippen molar-refractivity contribution in [2.24, 2.45) is 11.8 Å². The summed E-state index contributed by atoms with van der Waals surface area (Å²) in [5, 5.41) is 10.0. The molecule has 0 saturated carbocycles. The molecule has 0 amide bonds. The number of aliphatic hydroxyl groups is 1. The first-order chi connectivity index (χ1) is 6.66. The molecule has 0 aromatic heterocycles. The molecule has 0 heterocycles. The molecule has 0 fully saturated rings. The maximum Gasteiger partial charge on any atom is 0.0821 e. The molecule has 1 heteroatoms. The molecule has 3 unspecified atom stereocenters. The van der Waals surface area contributed by atoms with Gasteiger partial charge in [0.25, 0.3) is 0 Å². The van der Waals surface area contributed by atoms with Crippen molar-refractivity contribution in [3.63, 3.8) is 0 Å². The molecular weight excluding hydrogens is 172 g/mol. The van der Waals surface area contributed by atoms with Crippen LogP contribution in [0.2, 0.25) is 0 Å². The van der Waals surface area contributed by atoms with Gasteiger partial charge in [-0.25, -0.2) is 0 Å². The minimum absolute atomic E-state index is 0.204. The summed E-state index contributed by atoms with van der Waals surface area (Å²) >= 11 is 0. The Bertz CT molecular complexity index is 279. The number of hydrogen-bond donors (Lipinski definition) is 1. The van der Waals surface area contributed by atoms with Gasteiger partial charge >= 0.3 is 0 Å². The van der Waals surface area contributed by atoms with Crippen LogP contribution in [0.25, 0.3) is 0 Å². The lowest BCUT2D eigenvalue weighted by molar-refractivity contribution is 0.0988. The Morgan fingerprint density at radius 3 is 2.29 bits per heavy atom. The van der Waals surface area contributed by atoms with Crippen molar-refractivity contribution in [3.8, 4) is 0 Å². The quantitative estimate of drug-likeness (QED) is 0.723. The first-order valence-corrected chi connectivity index (χ1v) is 5.02. The van der Waals surface area contributed by atoms with Crippen molar-refractivity contribution < 1.29 is 5.11 Å². The molecule has 14 heavy (non-hydrogen) atoms. The highest BCUT2D eigenvalue weighted by Gasteiger charge is 2.19. The van der Waals surface area contributed by atoms with E-state index in [9.17, 15) is 5.11 Å². The van der Waals surface area contributed by atoms with Crippen molar-refractivity contribution in [2.45, 2.75) is 20.0 Å². The standard InChI is InChI=1S/C13H18O/c1-4-10(2)11(3)13(14)12-8-6-5-7-9-12/h4-11,13-14H,1H2,2-3H3. The summed E-state index contributed by atoms with van der Waals surface area (Å²) in [5.74, 6) is 0.528. The average Bonchev–Trinajstić information content (AvgIpc) is 2.27. The molecule has 1 nitrogen and oxygen atoms in total. The molecule has 0 saturated heterocycles. The lowest BCUT2D eigenvalue weighted by atomic mass is 9.87. The molecule has 0 spiro atoms. The monoisotopic (exact) mass is 190 g/mol. The molecular formula is C13H18O. The Morgan fingerprint density at radius 1 is 1.21 bits per heavy atom. The van der Waals surface area contributed by atoms with Crippen molar-refractivity contribution in [1.29, 1.82) is 0 Å². The summed E-state index contributed by atoms with van der Waals surface area (Å²) in [6.45, 7) is 7.87. The number of allylic oxidation sites excluding steroid dienone is 1. The zero-order chi connectivity index (χ0) is 10.6. The van der Waals surface area contributed by atoms with Crippen LogP contribution in [0.15, 0.2) is 43.0 Å². The minimum atomic E-state index is -0.399. The summed E-state index contributed by atoms with van der Waals surface area (Å²) in [5.41, 5.74) is 0.980. The number of hydrogen-bond acceptors (Lipinski definition) is 1. The first-order valence-electron chi connectivity index (χ1n) is 5.02. The van der Waals surface area contributed by atoms with Gasteiger partial charge in [-0.2, -0.15) is 0 Å². The van der Waals surface area contributed by atoms with Gasteiger partial charge in [-0.05, 0) is 17.4 Å². The van der Waals surface area contributed by atoms with E-state index in [0.717, 1.165) is 5.56 Å². The highest BCUT2D eigenvalue weighted by molar-refractivity contribution is 5.18. The molecule has 1 aromatic rings. The topological polar surface area (TPSA) is 20.2 Å². The highest BCUT2D eigenvalue weighted by Crippen LogP contribution is 2.27. The predicted octanol–water partition coefficient (Wildman–Crippen LogP) is 3.18. The zero-order valence-corrected chi connectivity index (χ0v) is 8.85. The van der Waals surface area contributed by atoms with Gasteiger partial charge in [-0.3, -0.25) is 0 Å². The van der Waals surface area contributed by atoms with Crippen molar-refractivity contribution in [2.75, 3.05) is 0 Å². The Hall–Kier alpha value is -1.08. The fraction of sp³-hybridized carbons (Fsp3) is 0.385. The molecule has 1 rings (SSSR count). The van der Waals surface area contributed by atoms with E-state index in [4.69, 9.17) is 0 Å². The third-order valence-corrected chi connectivity index (χ3v) is 2.84. The molecule has 0 aliphatic heterocycles. The second kappa shape index (κ2) is 4.97. The van der Waals surface area contributed by atoms with E-state index < -0.39 is 6.10 Å². The Labute approximate surface area is 86.1 Å². The van der Waals surface area contributed by atoms with Crippen molar-refractivity contribution in [3.05, 3.63) is 48.6 Å². The molecule has 76 valence electrons. The second-order valence-electron chi connectivity index (χ2n) is 3.81. The van der Waals surface area contributed by atoms with Gasteiger partial charge in [0, 0.05) is 0 Å². The average molecular weight is 190 g/mol. The second-order valence-corrected chi connectivity index (χ2v) is 3.81. The molecule has 1 aromatic carbocycles. The third-order valence-electron chi connectivity index (χ3n) is 2.84. The van der Waals surface area contributed by atoms with Crippen molar-refractivity contribution >= 4 is 0 Å². The van der Waals surface area contributed by atoms with E-state index in [0.29, 0.717) is 5.92 Å². The molecule has 3 atom stereocenters. The summed E-state index contributed by atoms with van der Waals surface area (Å²) in [4.78, 5) is 0. The highest BCUT2D eigenvalue weighted by atomic mass is 16.3. The van der Waals surface area contributed by atoms with Gasteiger partial charge in [-0.15, -0.1) is 6.58 Å². The maximum absolute atomic E-state index is 10.0. The lowest BCUT2D eigenvalue weighted by Crippen LogP contribution is -2.15. The molecule has 1 N–H and O–H groups in total.